The molecule has 1 aromatic heterocycles. The van der Waals surface area contributed by atoms with Crippen molar-refractivity contribution in [2.45, 2.75) is 6.92 Å². The summed E-state index contributed by atoms with van der Waals surface area (Å²) in [5.41, 5.74) is 7.05. The van der Waals surface area contributed by atoms with E-state index >= 15 is 0 Å². The molecule has 0 unspecified atom stereocenters. The fourth-order valence-corrected chi connectivity index (χ4v) is 1.60. The van der Waals surface area contributed by atoms with Crippen molar-refractivity contribution in [3.8, 4) is 17.5 Å². The molecule has 2 aromatic rings. The summed E-state index contributed by atoms with van der Waals surface area (Å²) < 4.78 is 10.8. The minimum absolute atomic E-state index is 0.174. The van der Waals surface area contributed by atoms with Crippen molar-refractivity contribution in [3.63, 3.8) is 0 Å². The van der Waals surface area contributed by atoms with Crippen molar-refractivity contribution in [3.05, 3.63) is 41.7 Å². The molecule has 0 bridgehead atoms. The first-order chi connectivity index (χ1) is 9.10. The zero-order chi connectivity index (χ0) is 13.8. The average molecular weight is 275 g/mol. The molecule has 0 aliphatic heterocycles. The van der Waals surface area contributed by atoms with Crippen LogP contribution in [-0.4, -0.2) is 22.1 Å². The third-order valence-corrected chi connectivity index (χ3v) is 2.62. The zero-order valence-electron chi connectivity index (χ0n) is 10.6. The van der Waals surface area contributed by atoms with Gasteiger partial charge in [0, 0.05) is 6.20 Å². The Morgan fingerprint density at radius 2 is 2.05 bits per heavy atom. The van der Waals surface area contributed by atoms with E-state index in [1.165, 1.54) is 6.20 Å². The average Bonchev–Trinajstić information content (AvgIpc) is 2.41. The summed E-state index contributed by atoms with van der Waals surface area (Å²) >= 11 is 4.86. The largest absolute Gasteiger partial charge is 0.493 e. The van der Waals surface area contributed by atoms with Gasteiger partial charge < -0.3 is 15.2 Å². The molecule has 1 aromatic carbocycles. The predicted octanol–water partition coefficient (Wildman–Crippen LogP) is 2.22. The van der Waals surface area contributed by atoms with Crippen LogP contribution in [0.2, 0.25) is 0 Å². The van der Waals surface area contributed by atoms with Crippen molar-refractivity contribution >= 4 is 17.2 Å². The van der Waals surface area contributed by atoms with E-state index in [2.05, 4.69) is 9.97 Å². The third kappa shape index (κ3) is 3.17. The van der Waals surface area contributed by atoms with E-state index in [9.17, 15) is 0 Å². The van der Waals surface area contributed by atoms with Crippen LogP contribution in [0.15, 0.2) is 30.5 Å². The number of hydrogen-bond acceptors (Lipinski definition) is 5. The lowest BCUT2D eigenvalue weighted by molar-refractivity contribution is 0.367. The van der Waals surface area contributed by atoms with Crippen LogP contribution in [-0.2, 0) is 0 Å². The maximum absolute atomic E-state index is 5.58. The quantitative estimate of drug-likeness (QED) is 0.863. The smallest absolute Gasteiger partial charge is 0.322 e. The van der Waals surface area contributed by atoms with Gasteiger partial charge in [-0.25, -0.2) is 4.98 Å². The lowest BCUT2D eigenvalue weighted by atomic mass is 10.2. The second-order valence-corrected chi connectivity index (χ2v) is 4.28. The molecule has 6 heteroatoms. The van der Waals surface area contributed by atoms with Gasteiger partial charge in [0.1, 0.15) is 10.7 Å². The summed E-state index contributed by atoms with van der Waals surface area (Å²) in [4.78, 5) is 8.32. The molecule has 0 spiro atoms. The van der Waals surface area contributed by atoms with Crippen molar-refractivity contribution in [2.75, 3.05) is 7.11 Å². The van der Waals surface area contributed by atoms with Crippen LogP contribution in [0.3, 0.4) is 0 Å². The minimum atomic E-state index is 0.174. The van der Waals surface area contributed by atoms with Crippen LogP contribution < -0.4 is 15.2 Å². The van der Waals surface area contributed by atoms with E-state index < -0.39 is 0 Å². The van der Waals surface area contributed by atoms with E-state index in [1.54, 1.807) is 19.2 Å². The summed E-state index contributed by atoms with van der Waals surface area (Å²) in [6, 6.07) is 7.38. The molecule has 2 rings (SSSR count). The molecule has 0 fully saturated rings. The van der Waals surface area contributed by atoms with Gasteiger partial charge in [-0.1, -0.05) is 18.3 Å². The highest BCUT2D eigenvalue weighted by Crippen LogP contribution is 2.30. The molecule has 2 N–H and O–H groups in total. The Morgan fingerprint density at radius 3 is 2.74 bits per heavy atom. The fraction of sp³-hybridized carbons (Fsp3) is 0.154. The molecule has 0 saturated carbocycles. The van der Waals surface area contributed by atoms with Crippen LogP contribution in [0, 0.1) is 6.92 Å². The number of ether oxygens (including phenoxy) is 2. The Balaban J connectivity index is 2.30. The van der Waals surface area contributed by atoms with Crippen LogP contribution in [0.25, 0.3) is 0 Å². The van der Waals surface area contributed by atoms with Gasteiger partial charge in [0.2, 0.25) is 0 Å². The Hall–Kier alpha value is -2.21. The van der Waals surface area contributed by atoms with Gasteiger partial charge in [0.15, 0.2) is 11.5 Å². The molecule has 98 valence electrons. The van der Waals surface area contributed by atoms with E-state index in [0.29, 0.717) is 17.2 Å². The number of hydrogen-bond donors (Lipinski definition) is 1. The molecule has 0 radical (unpaired) electrons. The van der Waals surface area contributed by atoms with Gasteiger partial charge in [-0.05, 0) is 30.7 Å². The first-order valence-electron chi connectivity index (χ1n) is 5.55. The second-order valence-electron chi connectivity index (χ2n) is 3.85. The summed E-state index contributed by atoms with van der Waals surface area (Å²) in [5.74, 6) is 1.15. The zero-order valence-corrected chi connectivity index (χ0v) is 11.4. The predicted molar refractivity (Wildman–Crippen MR) is 75.7 cm³/mol. The lowest BCUT2D eigenvalue weighted by Crippen LogP contribution is -2.12. The first kappa shape index (κ1) is 13.2. The number of aryl methyl sites for hydroxylation is 1. The highest BCUT2D eigenvalue weighted by atomic mass is 32.1. The second kappa shape index (κ2) is 5.62. The fourth-order valence-electron chi connectivity index (χ4n) is 1.48. The topological polar surface area (TPSA) is 70.3 Å². The van der Waals surface area contributed by atoms with Crippen LogP contribution >= 0.6 is 12.2 Å². The molecule has 1 heterocycles. The number of aromatic nitrogens is 2. The van der Waals surface area contributed by atoms with Crippen LogP contribution in [0.5, 0.6) is 17.5 Å². The number of nitrogens with two attached hydrogens (primary N) is 1. The molecule has 0 atom stereocenters. The highest BCUT2D eigenvalue weighted by molar-refractivity contribution is 7.80. The Bertz CT molecular complexity index is 617. The summed E-state index contributed by atoms with van der Waals surface area (Å²) in [6.45, 7) is 1.97. The number of benzene rings is 1. The van der Waals surface area contributed by atoms with Gasteiger partial charge in [-0.15, -0.1) is 0 Å². The third-order valence-electron chi connectivity index (χ3n) is 2.41. The Labute approximate surface area is 116 Å². The van der Waals surface area contributed by atoms with Crippen molar-refractivity contribution in [1.82, 2.24) is 9.97 Å². The van der Waals surface area contributed by atoms with Gasteiger partial charge in [-0.2, -0.15) is 4.98 Å². The molecule has 0 aliphatic rings. The van der Waals surface area contributed by atoms with E-state index in [0.717, 1.165) is 5.56 Å². The van der Waals surface area contributed by atoms with Gasteiger partial charge in [0.05, 0.1) is 7.11 Å². The Morgan fingerprint density at radius 1 is 1.26 bits per heavy atom. The SMILES string of the molecule is COc1cc(C)ccc1Oc1nccc(C(N)=S)n1. The minimum Gasteiger partial charge on any atom is -0.493 e. The van der Waals surface area contributed by atoms with E-state index in [4.69, 9.17) is 27.4 Å². The number of rotatable bonds is 4. The van der Waals surface area contributed by atoms with E-state index in [1.807, 2.05) is 19.1 Å². The van der Waals surface area contributed by atoms with Crippen molar-refractivity contribution in [1.29, 1.82) is 0 Å². The first-order valence-corrected chi connectivity index (χ1v) is 5.96. The van der Waals surface area contributed by atoms with Crippen LogP contribution in [0.4, 0.5) is 0 Å². The molecule has 0 aliphatic carbocycles. The Kier molecular flexibility index (Phi) is 3.91. The number of thiocarbonyl (C=S) groups is 1. The molecule has 19 heavy (non-hydrogen) atoms. The maximum Gasteiger partial charge on any atom is 0.322 e. The molecule has 5 nitrogen and oxygen atoms in total. The number of methoxy groups -OCH3 is 1. The van der Waals surface area contributed by atoms with Gasteiger partial charge in [0.25, 0.3) is 0 Å². The lowest BCUT2D eigenvalue weighted by Gasteiger charge is -2.09. The molecule has 0 amide bonds. The van der Waals surface area contributed by atoms with Crippen LogP contribution in [0.1, 0.15) is 11.3 Å². The van der Waals surface area contributed by atoms with Crippen molar-refractivity contribution < 1.29 is 9.47 Å². The summed E-state index contributed by atoms with van der Waals surface area (Å²) in [6.07, 6.45) is 1.54. The van der Waals surface area contributed by atoms with Crippen molar-refractivity contribution in [2.24, 2.45) is 5.73 Å². The monoisotopic (exact) mass is 275 g/mol. The van der Waals surface area contributed by atoms with Gasteiger partial charge in [-0.3, -0.25) is 0 Å². The van der Waals surface area contributed by atoms with E-state index in [-0.39, 0.29) is 11.0 Å². The maximum atomic E-state index is 5.58. The summed E-state index contributed by atoms with van der Waals surface area (Å²) in [7, 11) is 1.58. The van der Waals surface area contributed by atoms with Gasteiger partial charge >= 0.3 is 6.01 Å². The normalized spacial score (nSPS) is 10.0. The molecular weight excluding hydrogens is 262 g/mol. The number of nitrogens with zero attached hydrogens (tertiary/aromatic N) is 2. The standard InChI is InChI=1S/C13H13N3O2S/c1-8-3-4-10(11(7-8)17-2)18-13-15-6-5-9(16-13)12(14)19/h3-7H,1-2H3,(H2,14,19). The summed E-state index contributed by atoms with van der Waals surface area (Å²) in [5, 5.41) is 0. The highest BCUT2D eigenvalue weighted by Gasteiger charge is 2.08. The molecule has 0 saturated heterocycles. The molecular formula is C13H13N3O2S.